The number of ketones is 1. The molecular formula is C33H26Cl2N2O2. The Hall–Kier alpha value is -3.86. The normalized spacial score (nSPS) is 18.6. The molecule has 39 heavy (non-hydrogen) atoms. The van der Waals surface area contributed by atoms with Crippen molar-refractivity contribution < 1.29 is 9.59 Å². The van der Waals surface area contributed by atoms with E-state index in [1.807, 2.05) is 79.7 Å². The molecule has 1 heterocycles. The topological polar surface area (TPSA) is 49.4 Å². The van der Waals surface area contributed by atoms with Crippen LogP contribution in [-0.2, 0) is 4.79 Å². The van der Waals surface area contributed by atoms with Crippen LogP contribution in [0.2, 0.25) is 10.0 Å². The van der Waals surface area contributed by atoms with Gasteiger partial charge in [-0.3, -0.25) is 14.5 Å². The van der Waals surface area contributed by atoms with Crippen LogP contribution in [0, 0.1) is 6.92 Å². The van der Waals surface area contributed by atoms with Crippen molar-refractivity contribution in [3.63, 3.8) is 0 Å². The first-order valence-corrected chi connectivity index (χ1v) is 13.7. The summed E-state index contributed by atoms with van der Waals surface area (Å²) in [4.78, 5) is 30.2. The number of rotatable bonds is 3. The van der Waals surface area contributed by atoms with Gasteiger partial charge in [0.05, 0.1) is 28.0 Å². The van der Waals surface area contributed by atoms with E-state index >= 15 is 0 Å². The third-order valence-corrected chi connectivity index (χ3v) is 8.22. The number of nitrogens with one attached hydrogen (secondary N) is 1. The molecule has 0 fully saturated rings. The fourth-order valence-electron chi connectivity index (χ4n) is 5.67. The van der Waals surface area contributed by atoms with Crippen molar-refractivity contribution >= 4 is 46.3 Å². The minimum absolute atomic E-state index is 0.0102. The summed E-state index contributed by atoms with van der Waals surface area (Å²) in [6, 6.07) is 29.8. The summed E-state index contributed by atoms with van der Waals surface area (Å²) in [6.07, 6.45) is 0.896. The SMILES string of the molecule is Cc1ccc([C@H]2C3=C(C[C@@H](c4ccccc4Cl)CC3=O)Nc3ccccc3N2C(=O)c2ccccc2Cl)cc1. The Morgan fingerprint density at radius 1 is 0.821 bits per heavy atom. The van der Waals surface area contributed by atoms with Crippen molar-refractivity contribution in [1.82, 2.24) is 0 Å². The molecule has 4 aromatic carbocycles. The monoisotopic (exact) mass is 552 g/mol. The van der Waals surface area contributed by atoms with Crippen LogP contribution >= 0.6 is 23.2 Å². The fourth-order valence-corrected chi connectivity index (χ4v) is 6.17. The zero-order valence-corrected chi connectivity index (χ0v) is 22.8. The molecule has 4 aromatic rings. The van der Waals surface area contributed by atoms with Gasteiger partial charge in [0.1, 0.15) is 0 Å². The van der Waals surface area contributed by atoms with Gasteiger partial charge in [0, 0.05) is 22.7 Å². The molecule has 0 radical (unpaired) electrons. The van der Waals surface area contributed by atoms with E-state index in [1.54, 1.807) is 29.2 Å². The van der Waals surface area contributed by atoms with Gasteiger partial charge in [0.2, 0.25) is 0 Å². The number of carbonyl (C=O) groups excluding carboxylic acids is 2. The summed E-state index contributed by atoms with van der Waals surface area (Å²) in [5.41, 5.74) is 6.13. The summed E-state index contributed by atoms with van der Waals surface area (Å²) in [6.45, 7) is 2.02. The smallest absolute Gasteiger partial charge is 0.260 e. The molecule has 1 amide bonds. The van der Waals surface area contributed by atoms with E-state index in [0.717, 1.165) is 28.1 Å². The molecule has 6 rings (SSSR count). The predicted octanol–water partition coefficient (Wildman–Crippen LogP) is 8.52. The van der Waals surface area contributed by atoms with Crippen LogP contribution < -0.4 is 10.2 Å². The average molecular weight is 553 g/mol. The average Bonchev–Trinajstić information content (AvgIpc) is 3.08. The molecule has 0 aromatic heterocycles. The fraction of sp³-hybridized carbons (Fsp3) is 0.152. The van der Waals surface area contributed by atoms with Crippen molar-refractivity contribution in [1.29, 1.82) is 0 Å². The Morgan fingerprint density at radius 3 is 2.23 bits per heavy atom. The van der Waals surface area contributed by atoms with E-state index in [2.05, 4.69) is 5.32 Å². The standard InChI is InChI=1S/C33H26Cl2N2O2/c1-20-14-16-21(17-15-20)32-31-28(18-22(19-30(31)38)23-8-2-4-10-25(23)34)36-27-12-6-7-13-29(27)37(32)33(39)24-9-3-5-11-26(24)35/h2-17,22,32,36H,18-19H2,1H3/t22-,32+/m1/s1. The van der Waals surface area contributed by atoms with Crippen LogP contribution in [0.25, 0.3) is 0 Å². The molecule has 2 aliphatic rings. The van der Waals surface area contributed by atoms with Crippen LogP contribution in [0.1, 0.15) is 51.8 Å². The van der Waals surface area contributed by atoms with Gasteiger partial charge >= 0.3 is 0 Å². The van der Waals surface area contributed by atoms with E-state index in [-0.39, 0.29) is 17.6 Å². The number of carbonyl (C=O) groups is 2. The highest BCUT2D eigenvalue weighted by Gasteiger charge is 2.42. The lowest BCUT2D eigenvalue weighted by Crippen LogP contribution is -2.38. The number of para-hydroxylation sites is 2. The predicted molar refractivity (Wildman–Crippen MR) is 158 cm³/mol. The Kier molecular flexibility index (Phi) is 6.76. The number of fused-ring (bicyclic) bond motifs is 1. The highest BCUT2D eigenvalue weighted by Crippen LogP contribution is 2.48. The molecule has 0 unspecified atom stereocenters. The van der Waals surface area contributed by atoms with Gasteiger partial charge < -0.3 is 5.32 Å². The van der Waals surface area contributed by atoms with Crippen LogP contribution in [0.15, 0.2) is 108 Å². The molecule has 194 valence electrons. The zero-order chi connectivity index (χ0) is 27.1. The molecule has 1 aliphatic heterocycles. The molecule has 0 saturated heterocycles. The Morgan fingerprint density at radius 2 is 1.49 bits per heavy atom. The number of aryl methyl sites for hydroxylation is 1. The van der Waals surface area contributed by atoms with Crippen LogP contribution in [0.3, 0.4) is 0 Å². The van der Waals surface area contributed by atoms with Crippen molar-refractivity contribution in [2.24, 2.45) is 0 Å². The molecule has 6 heteroatoms. The number of allylic oxidation sites excluding steroid dienone is 1. The molecular weight excluding hydrogens is 527 g/mol. The van der Waals surface area contributed by atoms with E-state index in [4.69, 9.17) is 23.2 Å². The summed E-state index contributed by atoms with van der Waals surface area (Å²) >= 11 is 13.1. The third-order valence-electron chi connectivity index (χ3n) is 7.55. The molecule has 2 atom stereocenters. The van der Waals surface area contributed by atoms with Crippen molar-refractivity contribution in [3.05, 3.63) is 141 Å². The number of nitrogens with zero attached hydrogens (tertiary/aromatic N) is 1. The summed E-state index contributed by atoms with van der Waals surface area (Å²) in [7, 11) is 0. The summed E-state index contributed by atoms with van der Waals surface area (Å²) in [5.74, 6) is -0.353. The summed E-state index contributed by atoms with van der Waals surface area (Å²) in [5, 5.41) is 4.58. The van der Waals surface area contributed by atoms with Gasteiger partial charge in [0.25, 0.3) is 5.91 Å². The number of anilines is 2. The van der Waals surface area contributed by atoms with Crippen LogP contribution in [0.4, 0.5) is 11.4 Å². The molecule has 0 bridgehead atoms. The van der Waals surface area contributed by atoms with Crippen molar-refractivity contribution in [2.45, 2.75) is 31.7 Å². The van der Waals surface area contributed by atoms with Gasteiger partial charge in [0.15, 0.2) is 5.78 Å². The maximum absolute atomic E-state index is 14.4. The van der Waals surface area contributed by atoms with Crippen LogP contribution in [-0.4, -0.2) is 11.7 Å². The lowest BCUT2D eigenvalue weighted by Gasteiger charge is -2.35. The second-order valence-corrected chi connectivity index (χ2v) is 10.9. The molecule has 1 aliphatic carbocycles. The van der Waals surface area contributed by atoms with E-state index in [9.17, 15) is 9.59 Å². The van der Waals surface area contributed by atoms with Crippen LogP contribution in [0.5, 0.6) is 0 Å². The largest absolute Gasteiger partial charge is 0.357 e. The maximum Gasteiger partial charge on any atom is 0.260 e. The Balaban J connectivity index is 1.58. The first kappa shape index (κ1) is 25.4. The Labute approximate surface area is 237 Å². The first-order chi connectivity index (χ1) is 18.9. The zero-order valence-electron chi connectivity index (χ0n) is 21.3. The quantitative estimate of drug-likeness (QED) is 0.277. The second-order valence-electron chi connectivity index (χ2n) is 10.1. The molecule has 1 N–H and O–H groups in total. The van der Waals surface area contributed by atoms with Crippen molar-refractivity contribution in [2.75, 3.05) is 10.2 Å². The highest BCUT2D eigenvalue weighted by molar-refractivity contribution is 6.34. The molecule has 4 nitrogen and oxygen atoms in total. The van der Waals surface area contributed by atoms with Crippen molar-refractivity contribution in [3.8, 4) is 0 Å². The maximum atomic E-state index is 14.4. The second kappa shape index (κ2) is 10.4. The van der Waals surface area contributed by atoms with E-state index in [1.165, 1.54) is 0 Å². The lowest BCUT2D eigenvalue weighted by molar-refractivity contribution is -0.116. The third kappa shape index (κ3) is 4.64. The Bertz CT molecular complexity index is 1630. The van der Waals surface area contributed by atoms with Gasteiger partial charge in [-0.05, 0) is 60.7 Å². The number of halogens is 2. The van der Waals surface area contributed by atoms with Gasteiger partial charge in [-0.2, -0.15) is 0 Å². The first-order valence-electron chi connectivity index (χ1n) is 12.9. The number of hydrogen-bond acceptors (Lipinski definition) is 3. The number of benzene rings is 4. The number of hydrogen-bond donors (Lipinski definition) is 1. The minimum atomic E-state index is -0.639. The minimum Gasteiger partial charge on any atom is -0.357 e. The van der Waals surface area contributed by atoms with E-state index < -0.39 is 6.04 Å². The van der Waals surface area contributed by atoms with Gasteiger partial charge in [-0.25, -0.2) is 0 Å². The number of amides is 1. The highest BCUT2D eigenvalue weighted by atomic mass is 35.5. The molecule has 0 spiro atoms. The van der Waals surface area contributed by atoms with E-state index in [0.29, 0.717) is 39.7 Å². The summed E-state index contributed by atoms with van der Waals surface area (Å²) < 4.78 is 0. The molecule has 0 saturated carbocycles. The van der Waals surface area contributed by atoms with Gasteiger partial charge in [-0.1, -0.05) is 95.5 Å². The lowest BCUT2D eigenvalue weighted by atomic mass is 9.78. The number of Topliss-reactive ketones (excluding diaryl/α,β-unsaturated/α-hetero) is 1. The van der Waals surface area contributed by atoms with Gasteiger partial charge in [-0.15, -0.1) is 0 Å².